The van der Waals surface area contributed by atoms with Crippen molar-refractivity contribution >= 4 is 22.8 Å². The van der Waals surface area contributed by atoms with E-state index in [1.807, 2.05) is 30.3 Å². The normalized spacial score (nSPS) is 17.1. The van der Waals surface area contributed by atoms with Crippen molar-refractivity contribution < 1.29 is 18.7 Å². The highest BCUT2D eigenvalue weighted by atomic mass is 16.5. The van der Waals surface area contributed by atoms with Crippen molar-refractivity contribution in [2.24, 2.45) is 5.73 Å². The number of likely N-dealkylation sites (tertiary alicyclic amines) is 1. The number of nitrogens with zero attached hydrogens (tertiary/aromatic N) is 1. The van der Waals surface area contributed by atoms with E-state index in [2.05, 4.69) is 0 Å². The minimum Gasteiger partial charge on any atom is -0.481 e. The molecule has 0 bridgehead atoms. The molecule has 154 valence electrons. The van der Waals surface area contributed by atoms with E-state index >= 15 is 0 Å². The number of hydrogen-bond acceptors (Lipinski definition) is 5. The Balaban J connectivity index is 1.60. The molecule has 3 aromatic rings. The largest absolute Gasteiger partial charge is 0.481 e. The molecule has 1 saturated heterocycles. The molecular weight excluding hydrogens is 384 g/mol. The minimum atomic E-state index is -0.813. The molecule has 30 heavy (non-hydrogen) atoms. The number of carbonyl (C=O) groups excluding carboxylic acids is 2. The van der Waals surface area contributed by atoms with Gasteiger partial charge < -0.3 is 19.8 Å². The summed E-state index contributed by atoms with van der Waals surface area (Å²) in [6, 6.07) is 15.6. The number of amides is 2. The van der Waals surface area contributed by atoms with Crippen molar-refractivity contribution in [1.29, 1.82) is 0 Å². The molecule has 7 heteroatoms. The molecule has 1 fully saturated rings. The molecule has 7 nitrogen and oxygen atoms in total. The number of primary amides is 1. The van der Waals surface area contributed by atoms with Gasteiger partial charge in [-0.2, -0.15) is 0 Å². The zero-order valence-corrected chi connectivity index (χ0v) is 16.5. The fourth-order valence-electron chi connectivity index (χ4n) is 3.89. The van der Waals surface area contributed by atoms with Gasteiger partial charge in [0.15, 0.2) is 6.10 Å². The van der Waals surface area contributed by atoms with Gasteiger partial charge in [0.25, 0.3) is 5.91 Å². The molecule has 1 aliphatic heterocycles. The van der Waals surface area contributed by atoms with Crippen LogP contribution in [0.15, 0.2) is 63.8 Å². The predicted molar refractivity (Wildman–Crippen MR) is 112 cm³/mol. The van der Waals surface area contributed by atoms with Gasteiger partial charge in [-0.1, -0.05) is 30.3 Å². The third-order valence-corrected chi connectivity index (χ3v) is 5.33. The highest BCUT2D eigenvalue weighted by Gasteiger charge is 2.35. The lowest BCUT2D eigenvalue weighted by Crippen LogP contribution is -2.48. The van der Waals surface area contributed by atoms with Gasteiger partial charge in [-0.15, -0.1) is 0 Å². The Hall–Kier alpha value is -3.61. The van der Waals surface area contributed by atoms with Crippen molar-refractivity contribution in [3.8, 4) is 16.9 Å². The Morgan fingerprint density at radius 1 is 1.17 bits per heavy atom. The van der Waals surface area contributed by atoms with E-state index in [1.165, 1.54) is 11.0 Å². The van der Waals surface area contributed by atoms with Crippen LogP contribution in [0.4, 0.5) is 0 Å². The molecule has 2 N–H and O–H groups in total. The van der Waals surface area contributed by atoms with Crippen LogP contribution in [0.3, 0.4) is 0 Å². The highest BCUT2D eigenvalue weighted by molar-refractivity contribution is 5.94. The summed E-state index contributed by atoms with van der Waals surface area (Å²) in [5.74, 6) is -0.406. The van der Waals surface area contributed by atoms with Crippen molar-refractivity contribution in [2.75, 3.05) is 6.54 Å². The molecule has 0 aliphatic carbocycles. The molecule has 2 aromatic carbocycles. The number of ether oxygens (including phenoxy) is 1. The second-order valence-corrected chi connectivity index (χ2v) is 7.36. The highest BCUT2D eigenvalue weighted by Crippen LogP contribution is 2.30. The van der Waals surface area contributed by atoms with Crippen LogP contribution in [0.2, 0.25) is 0 Å². The summed E-state index contributed by atoms with van der Waals surface area (Å²) in [6.45, 7) is 2.10. The number of benzene rings is 2. The molecule has 2 amide bonds. The Morgan fingerprint density at radius 2 is 1.93 bits per heavy atom. The zero-order chi connectivity index (χ0) is 21.3. The number of hydrogen-bond donors (Lipinski definition) is 1. The van der Waals surface area contributed by atoms with Gasteiger partial charge in [-0.3, -0.25) is 9.59 Å². The quantitative estimate of drug-likeness (QED) is 0.656. The maximum atomic E-state index is 12.7. The lowest BCUT2D eigenvalue weighted by Gasteiger charge is -2.25. The third-order valence-electron chi connectivity index (χ3n) is 5.33. The average molecular weight is 406 g/mol. The van der Waals surface area contributed by atoms with Crippen LogP contribution in [0.25, 0.3) is 22.1 Å². The minimum absolute atomic E-state index is 0.295. The summed E-state index contributed by atoms with van der Waals surface area (Å²) < 4.78 is 11.2. The van der Waals surface area contributed by atoms with Crippen LogP contribution in [0, 0.1) is 0 Å². The van der Waals surface area contributed by atoms with Crippen LogP contribution in [-0.2, 0) is 9.59 Å². The fraction of sp³-hybridized carbons (Fsp3) is 0.261. The van der Waals surface area contributed by atoms with Crippen molar-refractivity contribution in [2.45, 2.75) is 31.9 Å². The van der Waals surface area contributed by atoms with Crippen LogP contribution in [0.5, 0.6) is 5.75 Å². The van der Waals surface area contributed by atoms with E-state index in [4.69, 9.17) is 14.9 Å². The molecule has 1 aromatic heterocycles. The van der Waals surface area contributed by atoms with E-state index < -0.39 is 23.7 Å². The number of nitrogens with two attached hydrogens (primary N) is 1. The molecule has 0 spiro atoms. The Labute approximate surface area is 173 Å². The summed E-state index contributed by atoms with van der Waals surface area (Å²) in [5, 5.41) is 0.764. The van der Waals surface area contributed by atoms with Crippen molar-refractivity contribution in [1.82, 2.24) is 4.90 Å². The monoisotopic (exact) mass is 406 g/mol. The number of carbonyl (C=O) groups is 2. The summed E-state index contributed by atoms with van der Waals surface area (Å²) in [5.41, 5.74) is 6.97. The first-order valence-electron chi connectivity index (χ1n) is 9.84. The summed E-state index contributed by atoms with van der Waals surface area (Å²) in [7, 11) is 0. The topological polar surface area (TPSA) is 103 Å². The van der Waals surface area contributed by atoms with Gasteiger partial charge >= 0.3 is 5.63 Å². The van der Waals surface area contributed by atoms with Gasteiger partial charge in [0.05, 0.1) is 0 Å². The molecule has 2 atom stereocenters. The van der Waals surface area contributed by atoms with E-state index in [9.17, 15) is 14.4 Å². The van der Waals surface area contributed by atoms with E-state index in [-0.39, 0.29) is 5.91 Å². The van der Waals surface area contributed by atoms with Crippen LogP contribution < -0.4 is 16.1 Å². The lowest BCUT2D eigenvalue weighted by atomic mass is 10.0. The van der Waals surface area contributed by atoms with Crippen LogP contribution >= 0.6 is 0 Å². The Morgan fingerprint density at radius 3 is 2.67 bits per heavy atom. The maximum absolute atomic E-state index is 12.7. The predicted octanol–water partition coefficient (Wildman–Crippen LogP) is 2.70. The van der Waals surface area contributed by atoms with Gasteiger partial charge in [0, 0.05) is 24.1 Å². The Kier molecular flexibility index (Phi) is 5.27. The smallest absolute Gasteiger partial charge is 0.336 e. The summed E-state index contributed by atoms with van der Waals surface area (Å²) >= 11 is 0. The maximum Gasteiger partial charge on any atom is 0.336 e. The van der Waals surface area contributed by atoms with Crippen molar-refractivity contribution in [3.63, 3.8) is 0 Å². The van der Waals surface area contributed by atoms with Crippen molar-refractivity contribution in [3.05, 3.63) is 65.0 Å². The van der Waals surface area contributed by atoms with Gasteiger partial charge in [0.2, 0.25) is 5.91 Å². The van der Waals surface area contributed by atoms with E-state index in [0.717, 1.165) is 22.9 Å². The molecule has 4 rings (SSSR count). The SMILES string of the molecule is C[C@@H](Oc1ccc2c(-c3ccccc3)cc(=O)oc2c1)C(=O)N1CCC[C@@H]1C(N)=O. The zero-order valence-electron chi connectivity index (χ0n) is 16.5. The summed E-state index contributed by atoms with van der Waals surface area (Å²) in [4.78, 5) is 37.9. The first-order valence-corrected chi connectivity index (χ1v) is 9.84. The van der Waals surface area contributed by atoms with Gasteiger partial charge in [0.1, 0.15) is 17.4 Å². The fourth-order valence-corrected chi connectivity index (χ4v) is 3.89. The molecule has 0 radical (unpaired) electrons. The van der Waals surface area contributed by atoms with E-state index in [0.29, 0.717) is 24.3 Å². The van der Waals surface area contributed by atoms with Crippen LogP contribution in [0.1, 0.15) is 19.8 Å². The molecule has 0 saturated carbocycles. The molecule has 2 heterocycles. The standard InChI is InChI=1S/C23H22N2O5/c1-14(23(28)25-11-5-8-19(25)22(24)27)29-16-9-10-17-18(15-6-3-2-4-7-15)13-21(26)30-20(17)12-16/h2-4,6-7,9-10,12-14,19H,5,8,11H2,1H3,(H2,24,27)/t14-,19-/m1/s1. The molecule has 1 aliphatic rings. The number of rotatable bonds is 5. The molecular formula is C23H22N2O5. The first kappa shape index (κ1) is 19.7. The summed E-state index contributed by atoms with van der Waals surface area (Å²) in [6.07, 6.45) is 0.485. The Bertz CT molecular complexity index is 1160. The molecule has 0 unspecified atom stereocenters. The second-order valence-electron chi connectivity index (χ2n) is 7.36. The van der Waals surface area contributed by atoms with Gasteiger partial charge in [-0.05, 0) is 43.0 Å². The first-order chi connectivity index (χ1) is 14.4. The van der Waals surface area contributed by atoms with E-state index in [1.54, 1.807) is 25.1 Å². The van der Waals surface area contributed by atoms with Gasteiger partial charge in [-0.25, -0.2) is 4.79 Å². The third kappa shape index (κ3) is 3.78. The van der Waals surface area contributed by atoms with Crippen LogP contribution in [-0.4, -0.2) is 35.4 Å². The number of fused-ring (bicyclic) bond motifs is 1. The second kappa shape index (κ2) is 8.02. The lowest BCUT2D eigenvalue weighted by molar-refractivity contribution is -0.142. The average Bonchev–Trinajstić information content (AvgIpc) is 3.23.